The van der Waals surface area contributed by atoms with Crippen LogP contribution in [0.1, 0.15) is 33.6 Å². The fourth-order valence-electron chi connectivity index (χ4n) is 3.86. The van der Waals surface area contributed by atoms with Gasteiger partial charge in [0, 0.05) is 21.2 Å². The van der Waals surface area contributed by atoms with E-state index in [1.54, 1.807) is 12.1 Å². The number of benzene rings is 2. The Balaban J connectivity index is 1.68. The number of carbonyl (C=O) groups is 4. The average molecular weight is 457 g/mol. The molecule has 0 unspecified atom stereocenters. The Morgan fingerprint density at radius 2 is 1.26 bits per heavy atom. The minimum Gasteiger partial charge on any atom is -0.292 e. The van der Waals surface area contributed by atoms with Gasteiger partial charge in [-0.3, -0.25) is 19.2 Å². The van der Waals surface area contributed by atoms with Gasteiger partial charge in [-0.15, -0.1) is 0 Å². The summed E-state index contributed by atoms with van der Waals surface area (Å²) in [4.78, 5) is 52.4. The zero-order chi connectivity index (χ0) is 22.1. The van der Waals surface area contributed by atoms with Crippen molar-refractivity contribution < 1.29 is 19.2 Å². The molecule has 1 fully saturated rings. The Hall–Kier alpha value is -2.96. The van der Waals surface area contributed by atoms with Crippen LogP contribution in [0.3, 0.4) is 0 Å². The van der Waals surface area contributed by atoms with E-state index in [0.29, 0.717) is 28.5 Å². The molecule has 158 valence electrons. The number of fused-ring (bicyclic) bond motifs is 1. The van der Waals surface area contributed by atoms with Gasteiger partial charge in [0.15, 0.2) is 5.78 Å². The first kappa shape index (κ1) is 21.3. The van der Waals surface area contributed by atoms with Crippen molar-refractivity contribution in [2.45, 2.75) is 12.8 Å². The van der Waals surface area contributed by atoms with Crippen LogP contribution in [-0.4, -0.2) is 40.1 Å². The number of ketones is 1. The molecule has 31 heavy (non-hydrogen) atoms. The van der Waals surface area contributed by atoms with E-state index in [9.17, 15) is 19.2 Å². The molecule has 2 aromatic rings. The Morgan fingerprint density at radius 3 is 1.74 bits per heavy atom. The summed E-state index contributed by atoms with van der Waals surface area (Å²) in [7, 11) is 0. The summed E-state index contributed by atoms with van der Waals surface area (Å²) in [5.74, 6) is -3.04. The molecular formula is C23H18Cl2N2O4. The van der Waals surface area contributed by atoms with Crippen LogP contribution in [0, 0.1) is 11.8 Å². The summed E-state index contributed by atoms with van der Waals surface area (Å²) in [5.41, 5.74) is 0.526. The second-order valence-electron chi connectivity index (χ2n) is 7.44. The molecule has 0 aromatic heterocycles. The maximum absolute atomic E-state index is 13.3. The van der Waals surface area contributed by atoms with Gasteiger partial charge in [0.2, 0.25) is 0 Å². The van der Waals surface area contributed by atoms with Crippen LogP contribution in [0.2, 0.25) is 10.0 Å². The highest BCUT2D eigenvalue weighted by Gasteiger charge is 2.51. The molecule has 0 radical (unpaired) electrons. The number of halogens is 2. The number of Topliss-reactive ketones (excluding diaryl/α,β-unsaturated/α-hetero) is 1. The van der Waals surface area contributed by atoms with Crippen LogP contribution in [0.4, 0.5) is 0 Å². The summed E-state index contributed by atoms with van der Waals surface area (Å²) < 4.78 is 0. The smallest absolute Gasteiger partial charge is 0.273 e. The van der Waals surface area contributed by atoms with Crippen molar-refractivity contribution in [2.24, 2.45) is 11.8 Å². The Kier molecular flexibility index (Phi) is 5.94. The van der Waals surface area contributed by atoms with Gasteiger partial charge in [0.25, 0.3) is 17.7 Å². The summed E-state index contributed by atoms with van der Waals surface area (Å²) in [6.45, 7) is -0.465. The van der Waals surface area contributed by atoms with Gasteiger partial charge in [0.05, 0.1) is 11.8 Å². The first-order chi connectivity index (χ1) is 14.9. The van der Waals surface area contributed by atoms with E-state index in [2.05, 4.69) is 0 Å². The van der Waals surface area contributed by atoms with E-state index in [1.165, 1.54) is 36.4 Å². The van der Waals surface area contributed by atoms with Gasteiger partial charge >= 0.3 is 0 Å². The van der Waals surface area contributed by atoms with Crippen molar-refractivity contribution in [1.82, 2.24) is 10.0 Å². The molecule has 1 aliphatic heterocycles. The number of hydrazine groups is 1. The van der Waals surface area contributed by atoms with Crippen molar-refractivity contribution in [3.8, 4) is 0 Å². The Bertz CT molecular complexity index is 1050. The maximum atomic E-state index is 13.3. The minimum absolute atomic E-state index is 0.210. The highest BCUT2D eigenvalue weighted by Crippen LogP contribution is 2.36. The number of carbonyl (C=O) groups excluding carboxylic acids is 4. The topological polar surface area (TPSA) is 74.8 Å². The van der Waals surface area contributed by atoms with Gasteiger partial charge in [-0.25, -0.2) is 5.01 Å². The van der Waals surface area contributed by atoms with E-state index in [4.69, 9.17) is 23.2 Å². The van der Waals surface area contributed by atoms with Gasteiger partial charge in [-0.1, -0.05) is 35.4 Å². The fourth-order valence-corrected chi connectivity index (χ4v) is 4.11. The molecule has 2 aromatic carbocycles. The van der Waals surface area contributed by atoms with Crippen LogP contribution in [-0.2, 0) is 9.59 Å². The van der Waals surface area contributed by atoms with Crippen LogP contribution < -0.4 is 0 Å². The molecule has 1 saturated heterocycles. The zero-order valence-corrected chi connectivity index (χ0v) is 17.8. The number of nitrogens with zero attached hydrogens (tertiary/aromatic N) is 2. The number of allylic oxidation sites excluding steroid dienone is 2. The molecule has 6 nitrogen and oxygen atoms in total. The number of hydrogen-bond donors (Lipinski definition) is 0. The molecule has 4 rings (SSSR count). The van der Waals surface area contributed by atoms with Crippen LogP contribution in [0.15, 0.2) is 60.7 Å². The van der Waals surface area contributed by atoms with Crippen LogP contribution in [0.5, 0.6) is 0 Å². The normalized spacial score (nSPS) is 20.0. The maximum Gasteiger partial charge on any atom is 0.273 e. The molecular weight excluding hydrogens is 439 g/mol. The minimum atomic E-state index is -0.632. The third-order valence-electron chi connectivity index (χ3n) is 5.51. The molecule has 0 saturated carbocycles. The average Bonchev–Trinajstić information content (AvgIpc) is 3.03. The molecule has 2 aliphatic rings. The highest BCUT2D eigenvalue weighted by atomic mass is 35.5. The molecule has 8 heteroatoms. The predicted octanol–water partition coefficient (Wildman–Crippen LogP) is 4.18. The first-order valence-electron chi connectivity index (χ1n) is 9.75. The molecule has 0 spiro atoms. The van der Waals surface area contributed by atoms with Crippen molar-refractivity contribution in [3.63, 3.8) is 0 Å². The first-order valence-corrected chi connectivity index (χ1v) is 10.5. The van der Waals surface area contributed by atoms with Crippen molar-refractivity contribution in [3.05, 3.63) is 81.9 Å². The third-order valence-corrected chi connectivity index (χ3v) is 6.01. The van der Waals surface area contributed by atoms with E-state index < -0.39 is 41.9 Å². The SMILES string of the molecule is O=C(CN(C(=O)c1ccc(Cl)cc1)N1C(=O)[C@H]2CC=CC[C@@H]2C1=O)c1ccc(Cl)cc1. The molecule has 1 heterocycles. The van der Waals surface area contributed by atoms with Gasteiger partial charge in [0.1, 0.15) is 6.54 Å². The molecule has 0 N–H and O–H groups in total. The van der Waals surface area contributed by atoms with Gasteiger partial charge in [-0.2, -0.15) is 5.01 Å². The summed E-state index contributed by atoms with van der Waals surface area (Å²) in [6.07, 6.45) is 4.58. The summed E-state index contributed by atoms with van der Waals surface area (Å²) >= 11 is 11.8. The standard InChI is InChI=1S/C23H18Cl2N2O4/c24-16-9-5-14(6-10-16)20(28)13-26(21(29)15-7-11-17(25)12-8-15)27-22(30)18-3-1-2-4-19(18)23(27)31/h1-2,5-12,18-19H,3-4,13H2/t18-,19-/m0/s1. The lowest BCUT2D eigenvalue weighted by molar-refractivity contribution is -0.154. The van der Waals surface area contributed by atoms with Crippen molar-refractivity contribution in [2.75, 3.05) is 6.54 Å². The molecule has 2 atom stereocenters. The predicted molar refractivity (Wildman–Crippen MR) is 115 cm³/mol. The number of amides is 3. The van der Waals surface area contributed by atoms with E-state index >= 15 is 0 Å². The summed E-state index contributed by atoms with van der Waals surface area (Å²) in [5, 5.41) is 2.70. The zero-order valence-electron chi connectivity index (χ0n) is 16.3. The quantitative estimate of drug-likeness (QED) is 0.384. The van der Waals surface area contributed by atoms with E-state index in [1.807, 2.05) is 12.2 Å². The van der Waals surface area contributed by atoms with E-state index in [0.717, 1.165) is 10.0 Å². The Morgan fingerprint density at radius 1 is 0.806 bits per heavy atom. The van der Waals surface area contributed by atoms with E-state index in [-0.39, 0.29) is 5.56 Å². The second kappa shape index (κ2) is 8.65. The lowest BCUT2D eigenvalue weighted by Crippen LogP contribution is -2.52. The lowest BCUT2D eigenvalue weighted by atomic mass is 9.85. The fraction of sp³-hybridized carbons (Fsp3) is 0.217. The van der Waals surface area contributed by atoms with Crippen LogP contribution in [0.25, 0.3) is 0 Å². The third kappa shape index (κ3) is 4.13. The monoisotopic (exact) mass is 456 g/mol. The van der Waals surface area contributed by atoms with Gasteiger partial charge in [-0.05, 0) is 61.4 Å². The van der Waals surface area contributed by atoms with Gasteiger partial charge < -0.3 is 0 Å². The molecule has 0 bridgehead atoms. The van der Waals surface area contributed by atoms with Crippen molar-refractivity contribution >= 4 is 46.7 Å². The van der Waals surface area contributed by atoms with Crippen molar-refractivity contribution in [1.29, 1.82) is 0 Å². The number of hydrogen-bond acceptors (Lipinski definition) is 4. The molecule has 3 amide bonds. The highest BCUT2D eigenvalue weighted by molar-refractivity contribution is 6.31. The largest absolute Gasteiger partial charge is 0.292 e. The van der Waals surface area contributed by atoms with Crippen LogP contribution >= 0.6 is 23.2 Å². The second-order valence-corrected chi connectivity index (χ2v) is 8.32. The lowest BCUT2D eigenvalue weighted by Gasteiger charge is -2.30. The Labute approximate surface area is 189 Å². The molecule has 1 aliphatic carbocycles. The summed E-state index contributed by atoms with van der Waals surface area (Å²) in [6, 6.07) is 12.2. The number of imide groups is 1. The number of rotatable bonds is 5.